The minimum absolute atomic E-state index is 0.211. The zero-order valence-corrected chi connectivity index (χ0v) is 31.5. The fraction of sp³-hybridized carbons (Fsp3) is 0.0769. The van der Waals surface area contributed by atoms with Gasteiger partial charge in [-0.2, -0.15) is 0 Å². The number of aryl methyl sites for hydroxylation is 1. The second kappa shape index (κ2) is 12.2. The number of anilines is 6. The van der Waals surface area contributed by atoms with Crippen LogP contribution in [-0.2, 0) is 5.41 Å². The van der Waals surface area contributed by atoms with Crippen molar-refractivity contribution >= 4 is 56.1 Å². The number of hydrogen-bond donors (Lipinski definition) is 0. The third-order valence-electron chi connectivity index (χ3n) is 11.8. The van der Waals surface area contributed by atoms with Gasteiger partial charge in [-0.3, -0.25) is 0 Å². The number of nitrogens with zero attached hydrogens (tertiary/aromatic N) is 2. The molecule has 0 spiro atoms. The highest BCUT2D eigenvalue weighted by molar-refractivity contribution is 6.10. The van der Waals surface area contributed by atoms with Crippen molar-refractivity contribution in [1.29, 1.82) is 0 Å². The van der Waals surface area contributed by atoms with Gasteiger partial charge in [0.25, 0.3) is 0 Å². The van der Waals surface area contributed by atoms with Crippen LogP contribution >= 0.6 is 0 Å². The lowest BCUT2D eigenvalue weighted by Crippen LogP contribution is -2.32. The topological polar surface area (TPSA) is 28.9 Å². The summed E-state index contributed by atoms with van der Waals surface area (Å²) in [5.41, 5.74) is 16.2. The van der Waals surface area contributed by atoms with Crippen LogP contribution in [0.15, 0.2) is 180 Å². The van der Waals surface area contributed by atoms with E-state index in [-0.39, 0.29) is 5.41 Å². The molecule has 56 heavy (non-hydrogen) atoms. The van der Waals surface area contributed by atoms with Crippen LogP contribution in [0, 0.1) is 6.92 Å². The Morgan fingerprint density at radius 3 is 1.98 bits per heavy atom. The van der Waals surface area contributed by atoms with Gasteiger partial charge in [-0.25, -0.2) is 0 Å². The molecular formula is C52H38N2O2. The van der Waals surface area contributed by atoms with Gasteiger partial charge in [-0.05, 0) is 88.8 Å². The van der Waals surface area contributed by atoms with E-state index in [1.165, 1.54) is 33.5 Å². The normalized spacial score (nSPS) is 13.5. The van der Waals surface area contributed by atoms with Gasteiger partial charge < -0.3 is 19.0 Å². The highest BCUT2D eigenvalue weighted by Gasteiger charge is 2.42. The highest BCUT2D eigenvalue weighted by atomic mass is 16.5. The van der Waals surface area contributed by atoms with E-state index in [0.29, 0.717) is 0 Å². The third-order valence-corrected chi connectivity index (χ3v) is 11.8. The molecule has 0 saturated heterocycles. The lowest BCUT2D eigenvalue weighted by molar-refractivity contribution is 0.472. The van der Waals surface area contributed by atoms with E-state index in [2.05, 4.69) is 194 Å². The molecule has 4 nitrogen and oxygen atoms in total. The van der Waals surface area contributed by atoms with E-state index in [0.717, 1.165) is 73.0 Å². The molecular weight excluding hydrogens is 685 g/mol. The SMILES string of the molecule is Cc1cccc2c1N1c3ccccc3C(C)(C)c3ccc(-c4ccc(N(c5ccc(-c6ccccc6)cc5)c5cccc6c5oc5ccccc56)cc4)c(c31)O2. The summed E-state index contributed by atoms with van der Waals surface area (Å²) in [5.74, 6) is 1.75. The van der Waals surface area contributed by atoms with Crippen molar-refractivity contribution in [3.8, 4) is 33.8 Å². The number of ether oxygens (including phenoxy) is 1. The van der Waals surface area contributed by atoms with E-state index in [4.69, 9.17) is 9.15 Å². The molecule has 2 aliphatic rings. The molecule has 268 valence electrons. The van der Waals surface area contributed by atoms with Gasteiger partial charge in [0.1, 0.15) is 5.58 Å². The molecule has 0 radical (unpaired) electrons. The standard InChI is InChI=1S/C52H38N2O2/c1-33-13-11-22-47-48(33)54-44-19-9-8-18-42(44)52(2,3)43-32-31-39(51(56-47)49(43)54)36-25-29-38(30-26-36)53(37-27-23-35(24-28-37)34-14-5-4-6-15-34)45-20-12-17-41-40-16-7-10-21-46(40)55-50(41)45/h4-32H,1-3H3. The summed E-state index contributed by atoms with van der Waals surface area (Å²) in [5, 5.41) is 2.20. The fourth-order valence-corrected chi connectivity index (χ4v) is 8.99. The molecule has 3 heterocycles. The Hall–Kier alpha value is -7.04. The van der Waals surface area contributed by atoms with Crippen molar-refractivity contribution in [3.05, 3.63) is 193 Å². The number of benzene rings is 8. The van der Waals surface area contributed by atoms with Crippen LogP contribution in [0.5, 0.6) is 11.5 Å². The van der Waals surface area contributed by atoms with Crippen molar-refractivity contribution < 1.29 is 9.15 Å². The largest absolute Gasteiger partial charge is 0.454 e. The van der Waals surface area contributed by atoms with Gasteiger partial charge in [0.15, 0.2) is 17.1 Å². The van der Waals surface area contributed by atoms with Crippen LogP contribution in [0.25, 0.3) is 44.2 Å². The second-order valence-electron chi connectivity index (χ2n) is 15.4. The molecule has 4 heteroatoms. The Morgan fingerprint density at radius 1 is 0.518 bits per heavy atom. The van der Waals surface area contributed by atoms with Gasteiger partial charge >= 0.3 is 0 Å². The van der Waals surface area contributed by atoms with E-state index in [1.807, 2.05) is 12.1 Å². The summed E-state index contributed by atoms with van der Waals surface area (Å²) in [6.07, 6.45) is 0. The number of hydrogen-bond acceptors (Lipinski definition) is 4. The van der Waals surface area contributed by atoms with Crippen LogP contribution in [0.1, 0.15) is 30.5 Å². The summed E-state index contributed by atoms with van der Waals surface area (Å²) in [7, 11) is 0. The van der Waals surface area contributed by atoms with Crippen molar-refractivity contribution in [2.24, 2.45) is 0 Å². The molecule has 0 unspecified atom stereocenters. The summed E-state index contributed by atoms with van der Waals surface area (Å²) in [6, 6.07) is 62.6. The monoisotopic (exact) mass is 722 g/mol. The molecule has 0 atom stereocenters. The minimum Gasteiger partial charge on any atom is -0.454 e. The highest BCUT2D eigenvalue weighted by Crippen LogP contribution is 2.62. The molecule has 0 fully saturated rings. The Kier molecular flexibility index (Phi) is 7.08. The van der Waals surface area contributed by atoms with Crippen LogP contribution in [0.2, 0.25) is 0 Å². The van der Waals surface area contributed by atoms with Crippen LogP contribution in [0.3, 0.4) is 0 Å². The quantitative estimate of drug-likeness (QED) is 0.177. The van der Waals surface area contributed by atoms with Gasteiger partial charge in [0.05, 0.1) is 22.7 Å². The molecule has 2 aliphatic heterocycles. The summed E-state index contributed by atoms with van der Waals surface area (Å²) < 4.78 is 13.6. The zero-order valence-electron chi connectivity index (χ0n) is 31.5. The summed E-state index contributed by atoms with van der Waals surface area (Å²) in [6.45, 7) is 6.82. The first-order valence-corrected chi connectivity index (χ1v) is 19.3. The van der Waals surface area contributed by atoms with E-state index in [9.17, 15) is 0 Å². The van der Waals surface area contributed by atoms with Crippen molar-refractivity contribution in [3.63, 3.8) is 0 Å². The van der Waals surface area contributed by atoms with Crippen molar-refractivity contribution in [2.45, 2.75) is 26.2 Å². The third kappa shape index (κ3) is 4.79. The number of furan rings is 1. The van der Waals surface area contributed by atoms with Gasteiger partial charge in [-0.1, -0.05) is 141 Å². The summed E-state index contributed by atoms with van der Waals surface area (Å²) in [4.78, 5) is 4.74. The van der Waals surface area contributed by atoms with Gasteiger partial charge in [-0.15, -0.1) is 0 Å². The van der Waals surface area contributed by atoms with Crippen molar-refractivity contribution in [2.75, 3.05) is 9.80 Å². The predicted octanol–water partition coefficient (Wildman–Crippen LogP) is 14.9. The van der Waals surface area contributed by atoms with Crippen LogP contribution in [-0.4, -0.2) is 0 Å². The molecule has 0 saturated carbocycles. The number of rotatable bonds is 5. The molecule has 9 aromatic rings. The predicted molar refractivity (Wildman–Crippen MR) is 231 cm³/mol. The van der Waals surface area contributed by atoms with E-state index >= 15 is 0 Å². The average Bonchev–Trinajstić information content (AvgIpc) is 3.63. The van der Waals surface area contributed by atoms with Crippen LogP contribution in [0.4, 0.5) is 34.1 Å². The van der Waals surface area contributed by atoms with E-state index < -0.39 is 0 Å². The summed E-state index contributed by atoms with van der Waals surface area (Å²) >= 11 is 0. The second-order valence-corrected chi connectivity index (χ2v) is 15.4. The maximum absolute atomic E-state index is 6.98. The minimum atomic E-state index is -0.211. The lowest BCUT2D eigenvalue weighted by atomic mass is 9.72. The van der Waals surface area contributed by atoms with Gasteiger partial charge in [0.2, 0.25) is 0 Å². The fourth-order valence-electron chi connectivity index (χ4n) is 8.99. The number of para-hydroxylation sites is 4. The Labute approximate surface area is 326 Å². The van der Waals surface area contributed by atoms with E-state index in [1.54, 1.807) is 0 Å². The molecule has 0 N–H and O–H groups in total. The first kappa shape index (κ1) is 32.4. The molecule has 11 rings (SSSR count). The molecule has 0 aliphatic carbocycles. The Balaban J connectivity index is 1.06. The van der Waals surface area contributed by atoms with Crippen LogP contribution < -0.4 is 14.5 Å². The maximum Gasteiger partial charge on any atom is 0.159 e. The number of fused-ring (bicyclic) bond motifs is 7. The Morgan fingerprint density at radius 2 is 1.18 bits per heavy atom. The first-order chi connectivity index (χ1) is 27.5. The van der Waals surface area contributed by atoms with Crippen molar-refractivity contribution in [1.82, 2.24) is 0 Å². The zero-order chi connectivity index (χ0) is 37.5. The van der Waals surface area contributed by atoms with Gasteiger partial charge in [0, 0.05) is 33.1 Å². The molecule has 0 bridgehead atoms. The maximum atomic E-state index is 6.98. The molecule has 8 aromatic carbocycles. The smallest absolute Gasteiger partial charge is 0.159 e. The Bertz CT molecular complexity index is 2980. The molecule has 1 aromatic heterocycles. The first-order valence-electron chi connectivity index (χ1n) is 19.3. The average molecular weight is 723 g/mol. The lowest BCUT2D eigenvalue weighted by Gasteiger charge is -2.45. The molecule has 0 amide bonds.